The Balaban J connectivity index is 2.46. The molecular weight excluding hydrogens is 346 g/mol. The van der Waals surface area contributed by atoms with Crippen LogP contribution in [0.2, 0.25) is 0 Å². The number of aliphatic hydroxyl groups excluding tert-OH is 1. The van der Waals surface area contributed by atoms with Crippen LogP contribution < -0.4 is 9.47 Å². The van der Waals surface area contributed by atoms with Crippen molar-refractivity contribution in [3.05, 3.63) is 29.2 Å². The average Bonchev–Trinajstić information content (AvgIpc) is 3.07. The minimum atomic E-state index is -0.476. The summed E-state index contributed by atoms with van der Waals surface area (Å²) in [7, 11) is 1.49. The first-order valence-electron chi connectivity index (χ1n) is 9.53. The van der Waals surface area contributed by atoms with E-state index in [2.05, 4.69) is 13.8 Å². The number of esters is 1. The van der Waals surface area contributed by atoms with E-state index in [0.29, 0.717) is 22.8 Å². The molecule has 0 saturated carbocycles. The zero-order valence-corrected chi connectivity index (χ0v) is 16.6. The zero-order chi connectivity index (χ0) is 19.8. The number of rotatable bonds is 10. The highest BCUT2D eigenvalue weighted by atomic mass is 16.6. The Morgan fingerprint density at radius 1 is 1.19 bits per heavy atom. The second-order valence-corrected chi connectivity index (χ2v) is 6.51. The number of methoxy groups -OCH3 is 1. The van der Waals surface area contributed by atoms with Crippen molar-refractivity contribution in [1.29, 1.82) is 0 Å². The van der Waals surface area contributed by atoms with Crippen LogP contribution in [-0.2, 0) is 24.2 Å². The molecule has 0 radical (unpaired) electrons. The van der Waals surface area contributed by atoms with Crippen molar-refractivity contribution in [2.75, 3.05) is 7.11 Å². The molecular formula is C21H29NO5. The van der Waals surface area contributed by atoms with Gasteiger partial charge in [-0.25, -0.2) is 4.98 Å². The van der Waals surface area contributed by atoms with Crippen LogP contribution in [0.15, 0.2) is 16.5 Å². The van der Waals surface area contributed by atoms with Crippen LogP contribution in [0.4, 0.5) is 0 Å². The maximum Gasteiger partial charge on any atom is 0.308 e. The van der Waals surface area contributed by atoms with Crippen molar-refractivity contribution >= 4 is 5.97 Å². The zero-order valence-electron chi connectivity index (χ0n) is 16.6. The average molecular weight is 375 g/mol. The third kappa shape index (κ3) is 5.32. The van der Waals surface area contributed by atoms with E-state index in [1.54, 1.807) is 12.1 Å². The predicted molar refractivity (Wildman–Crippen MR) is 103 cm³/mol. The number of carbonyl (C=O) groups excluding carboxylic acids is 1. The van der Waals surface area contributed by atoms with Gasteiger partial charge in [-0.2, -0.15) is 0 Å². The summed E-state index contributed by atoms with van der Waals surface area (Å²) < 4.78 is 16.6. The summed E-state index contributed by atoms with van der Waals surface area (Å²) >= 11 is 0. The molecule has 6 nitrogen and oxygen atoms in total. The van der Waals surface area contributed by atoms with Crippen molar-refractivity contribution in [2.45, 2.75) is 65.9 Å². The first-order valence-corrected chi connectivity index (χ1v) is 9.53. The highest BCUT2D eigenvalue weighted by molar-refractivity contribution is 5.73. The number of oxazole rings is 1. The molecule has 2 aromatic rings. The molecule has 0 spiro atoms. The third-order valence-electron chi connectivity index (χ3n) is 4.32. The number of carbonyl (C=O) groups is 1. The fourth-order valence-corrected chi connectivity index (χ4v) is 2.89. The Hall–Kier alpha value is -2.34. The fourth-order valence-electron chi connectivity index (χ4n) is 2.89. The Morgan fingerprint density at radius 3 is 2.48 bits per heavy atom. The summed E-state index contributed by atoms with van der Waals surface area (Å²) in [6.07, 6.45) is 6.02. The van der Waals surface area contributed by atoms with E-state index in [0.717, 1.165) is 50.0 Å². The number of hydrogen-bond donors (Lipinski definition) is 1. The molecule has 1 aromatic heterocycles. The van der Waals surface area contributed by atoms with E-state index < -0.39 is 5.97 Å². The van der Waals surface area contributed by atoms with Gasteiger partial charge < -0.3 is 19.0 Å². The number of aliphatic hydroxyl groups is 1. The van der Waals surface area contributed by atoms with Gasteiger partial charge in [0.05, 0.1) is 19.4 Å². The van der Waals surface area contributed by atoms with Gasteiger partial charge in [-0.05, 0) is 31.4 Å². The lowest BCUT2D eigenvalue weighted by molar-refractivity contribution is -0.132. The van der Waals surface area contributed by atoms with Crippen molar-refractivity contribution < 1.29 is 23.8 Å². The molecule has 148 valence electrons. The minimum Gasteiger partial charge on any atom is -0.493 e. The van der Waals surface area contributed by atoms with Crippen molar-refractivity contribution in [3.63, 3.8) is 0 Å². The Morgan fingerprint density at radius 2 is 1.89 bits per heavy atom. The topological polar surface area (TPSA) is 81.8 Å². The van der Waals surface area contributed by atoms with Crippen LogP contribution >= 0.6 is 0 Å². The summed E-state index contributed by atoms with van der Waals surface area (Å²) in [4.78, 5) is 16.1. The summed E-state index contributed by atoms with van der Waals surface area (Å²) in [6, 6.07) is 3.44. The molecule has 0 unspecified atom stereocenters. The van der Waals surface area contributed by atoms with Crippen LogP contribution in [0, 0.1) is 0 Å². The van der Waals surface area contributed by atoms with Crippen LogP contribution in [0.3, 0.4) is 0 Å². The lowest BCUT2D eigenvalue weighted by atomic mass is 10.1. The number of aryl methyl sites for hydroxylation is 2. The van der Waals surface area contributed by atoms with Gasteiger partial charge in [0.25, 0.3) is 0 Å². The van der Waals surface area contributed by atoms with Gasteiger partial charge in [0.1, 0.15) is 5.76 Å². The van der Waals surface area contributed by atoms with E-state index >= 15 is 0 Å². The first kappa shape index (κ1) is 21.0. The lowest BCUT2D eigenvalue weighted by Gasteiger charge is -2.13. The molecule has 1 aromatic carbocycles. The number of hydrogen-bond acceptors (Lipinski definition) is 6. The third-order valence-corrected chi connectivity index (χ3v) is 4.32. The van der Waals surface area contributed by atoms with Crippen molar-refractivity contribution in [1.82, 2.24) is 4.98 Å². The molecule has 0 amide bonds. The molecule has 0 aliphatic rings. The summed E-state index contributed by atoms with van der Waals surface area (Å²) in [5, 5.41) is 9.72. The van der Waals surface area contributed by atoms with E-state index in [1.807, 2.05) is 0 Å². The van der Waals surface area contributed by atoms with E-state index in [-0.39, 0.29) is 12.4 Å². The normalized spacial score (nSPS) is 10.9. The van der Waals surface area contributed by atoms with E-state index in [9.17, 15) is 9.90 Å². The molecule has 0 bridgehead atoms. The summed E-state index contributed by atoms with van der Waals surface area (Å²) in [5.74, 6) is 1.52. The van der Waals surface area contributed by atoms with Crippen LogP contribution in [-0.4, -0.2) is 23.2 Å². The number of nitrogens with zero attached hydrogens (tertiary/aromatic N) is 1. The molecule has 0 saturated heterocycles. The van der Waals surface area contributed by atoms with Gasteiger partial charge >= 0.3 is 5.97 Å². The standard InChI is InChI=1S/C21H29NO5/c1-5-7-9-17-18(10-8-6-2)27-21(22-17)15-11-16(13-23)20(26-14(3)24)19(12-15)25-4/h11-12,23H,5-10,13H2,1-4H3. The van der Waals surface area contributed by atoms with Gasteiger partial charge in [0.15, 0.2) is 11.5 Å². The largest absolute Gasteiger partial charge is 0.493 e. The maximum atomic E-state index is 11.4. The van der Waals surface area contributed by atoms with Gasteiger partial charge in [0.2, 0.25) is 5.89 Å². The monoisotopic (exact) mass is 375 g/mol. The predicted octanol–water partition coefficient (Wildman–Crippen LogP) is 4.45. The van der Waals surface area contributed by atoms with E-state index in [1.165, 1.54) is 14.0 Å². The molecule has 0 aliphatic heterocycles. The van der Waals surface area contributed by atoms with Crippen LogP contribution in [0.25, 0.3) is 11.5 Å². The first-order chi connectivity index (χ1) is 13.0. The highest BCUT2D eigenvalue weighted by Crippen LogP contribution is 2.37. The summed E-state index contributed by atoms with van der Waals surface area (Å²) in [6.45, 7) is 5.31. The number of ether oxygens (including phenoxy) is 2. The molecule has 0 atom stereocenters. The maximum absolute atomic E-state index is 11.4. The molecule has 0 aliphatic carbocycles. The quantitative estimate of drug-likeness (QED) is 0.488. The number of unbranched alkanes of at least 4 members (excludes halogenated alkanes) is 2. The second-order valence-electron chi connectivity index (χ2n) is 6.51. The highest BCUT2D eigenvalue weighted by Gasteiger charge is 2.20. The summed E-state index contributed by atoms with van der Waals surface area (Å²) in [5.41, 5.74) is 2.13. The lowest BCUT2D eigenvalue weighted by Crippen LogP contribution is -2.06. The molecule has 27 heavy (non-hydrogen) atoms. The number of benzene rings is 1. The SMILES string of the molecule is CCCCc1nc(-c2cc(CO)c(OC(C)=O)c(OC)c2)oc1CCCC. The van der Waals surface area contributed by atoms with Crippen molar-refractivity contribution in [3.8, 4) is 23.0 Å². The fraction of sp³-hybridized carbons (Fsp3) is 0.524. The molecule has 1 heterocycles. The molecule has 6 heteroatoms. The van der Waals surface area contributed by atoms with Gasteiger partial charge in [-0.3, -0.25) is 4.79 Å². The molecule has 0 fully saturated rings. The Kier molecular flexibility index (Phi) is 7.85. The Bertz CT molecular complexity index is 715. The van der Waals surface area contributed by atoms with Gasteiger partial charge in [-0.15, -0.1) is 0 Å². The van der Waals surface area contributed by atoms with Crippen LogP contribution in [0.1, 0.15) is 63.5 Å². The van der Waals surface area contributed by atoms with Gasteiger partial charge in [0, 0.05) is 24.5 Å². The van der Waals surface area contributed by atoms with Crippen molar-refractivity contribution in [2.24, 2.45) is 0 Å². The van der Waals surface area contributed by atoms with Gasteiger partial charge in [-0.1, -0.05) is 26.7 Å². The molecule has 2 rings (SSSR count). The molecule has 1 N–H and O–H groups in total. The second kappa shape index (κ2) is 10.1. The minimum absolute atomic E-state index is 0.222. The Labute approximate surface area is 160 Å². The van der Waals surface area contributed by atoms with E-state index in [4.69, 9.17) is 18.9 Å². The smallest absolute Gasteiger partial charge is 0.308 e. The number of aromatic nitrogens is 1. The van der Waals surface area contributed by atoms with Crippen LogP contribution in [0.5, 0.6) is 11.5 Å².